The van der Waals surface area contributed by atoms with Gasteiger partial charge in [-0.3, -0.25) is 14.5 Å². The fourth-order valence-corrected chi connectivity index (χ4v) is 3.35. The second kappa shape index (κ2) is 7.12. The molecule has 0 aliphatic carbocycles. The van der Waals surface area contributed by atoms with Gasteiger partial charge in [0.2, 0.25) is 0 Å². The Morgan fingerprint density at radius 2 is 1.69 bits per heavy atom. The zero-order valence-electron chi connectivity index (χ0n) is 15.0. The van der Waals surface area contributed by atoms with Crippen LogP contribution in [0.3, 0.4) is 0 Å². The molecule has 1 aliphatic heterocycles. The first-order valence-corrected chi connectivity index (χ1v) is 8.77. The molecule has 1 unspecified atom stereocenters. The maximum Gasteiger partial charge on any atom is 0.325 e. The number of ketones is 1. The van der Waals surface area contributed by atoms with Crippen molar-refractivity contribution >= 4 is 17.7 Å². The molecule has 1 saturated heterocycles. The van der Waals surface area contributed by atoms with E-state index in [-0.39, 0.29) is 18.2 Å². The van der Waals surface area contributed by atoms with Gasteiger partial charge in [-0.05, 0) is 18.9 Å². The molecule has 5 nitrogen and oxygen atoms in total. The highest BCUT2D eigenvalue weighted by atomic mass is 16.2. The Morgan fingerprint density at radius 1 is 1.04 bits per heavy atom. The highest BCUT2D eigenvalue weighted by Crippen LogP contribution is 2.33. The topological polar surface area (TPSA) is 66.5 Å². The summed E-state index contributed by atoms with van der Waals surface area (Å²) >= 11 is 0. The third kappa shape index (κ3) is 3.12. The number of hydrogen-bond donors (Lipinski definition) is 1. The molecule has 5 heteroatoms. The molecule has 1 aliphatic rings. The molecule has 0 spiro atoms. The van der Waals surface area contributed by atoms with Crippen molar-refractivity contribution in [3.8, 4) is 0 Å². The summed E-state index contributed by atoms with van der Waals surface area (Å²) in [5.74, 6) is -0.620. The fourth-order valence-electron chi connectivity index (χ4n) is 3.35. The fraction of sp³-hybridized carbons (Fsp3) is 0.286. The molecule has 134 valence electrons. The van der Waals surface area contributed by atoms with Gasteiger partial charge in [-0.2, -0.15) is 0 Å². The van der Waals surface area contributed by atoms with E-state index in [2.05, 4.69) is 5.32 Å². The minimum absolute atomic E-state index is 0.256. The maximum absolute atomic E-state index is 13.1. The van der Waals surface area contributed by atoms with Crippen molar-refractivity contribution in [1.29, 1.82) is 0 Å². The van der Waals surface area contributed by atoms with Crippen molar-refractivity contribution in [3.63, 3.8) is 0 Å². The molecule has 0 saturated carbocycles. The van der Waals surface area contributed by atoms with Crippen molar-refractivity contribution in [2.75, 3.05) is 6.54 Å². The summed E-state index contributed by atoms with van der Waals surface area (Å²) in [4.78, 5) is 39.2. The van der Waals surface area contributed by atoms with Crippen molar-refractivity contribution in [2.45, 2.75) is 32.2 Å². The van der Waals surface area contributed by atoms with Gasteiger partial charge in [0.25, 0.3) is 5.91 Å². The molecule has 1 fully saturated rings. The number of nitrogens with zero attached hydrogens (tertiary/aromatic N) is 1. The Labute approximate surface area is 153 Å². The number of amides is 3. The average Bonchev–Trinajstić information content (AvgIpc) is 2.88. The molecule has 2 aromatic carbocycles. The van der Waals surface area contributed by atoms with Gasteiger partial charge in [0, 0.05) is 5.56 Å². The number of Topliss-reactive ketones (excluding diaryl/α,β-unsaturated/α-hetero) is 1. The summed E-state index contributed by atoms with van der Waals surface area (Å²) in [5, 5.41) is 2.84. The number of urea groups is 1. The lowest BCUT2D eigenvalue weighted by atomic mass is 9.85. The largest absolute Gasteiger partial charge is 0.325 e. The molecular weight excluding hydrogens is 328 g/mol. The summed E-state index contributed by atoms with van der Waals surface area (Å²) in [6.07, 6.45) is 1.21. The normalized spacial score (nSPS) is 19.5. The van der Waals surface area contributed by atoms with Gasteiger partial charge < -0.3 is 5.32 Å². The molecule has 0 radical (unpaired) electrons. The first-order valence-electron chi connectivity index (χ1n) is 8.77. The number of aryl methyl sites for hydroxylation is 1. The van der Waals surface area contributed by atoms with E-state index >= 15 is 0 Å². The van der Waals surface area contributed by atoms with Crippen LogP contribution in [0.25, 0.3) is 0 Å². The van der Waals surface area contributed by atoms with Crippen LogP contribution in [0.5, 0.6) is 0 Å². The van der Waals surface area contributed by atoms with E-state index < -0.39 is 11.6 Å². The number of carbonyl (C=O) groups is 3. The van der Waals surface area contributed by atoms with Crippen LogP contribution in [0.4, 0.5) is 4.79 Å². The number of imide groups is 1. The van der Waals surface area contributed by atoms with Crippen LogP contribution >= 0.6 is 0 Å². The Morgan fingerprint density at radius 3 is 2.31 bits per heavy atom. The zero-order chi connectivity index (χ0) is 18.7. The summed E-state index contributed by atoms with van der Waals surface area (Å²) in [6, 6.07) is 15.8. The standard InChI is InChI=1S/C21H22N2O3/c1-3-13-21(17-7-5-4-6-8-17)19(25)23(20(26)22-21)14-18(24)16-11-9-15(2)10-12-16/h4-12H,3,13-14H2,1-2H3,(H,22,26). The number of carbonyl (C=O) groups excluding carboxylic acids is 3. The molecule has 3 amide bonds. The molecule has 0 aromatic heterocycles. The number of nitrogens with one attached hydrogen (secondary N) is 1. The molecule has 3 rings (SSSR count). The van der Waals surface area contributed by atoms with E-state index in [1.165, 1.54) is 0 Å². The molecule has 1 heterocycles. The van der Waals surface area contributed by atoms with Gasteiger partial charge in [0.05, 0.1) is 6.54 Å². The molecule has 0 bridgehead atoms. The van der Waals surface area contributed by atoms with Gasteiger partial charge >= 0.3 is 6.03 Å². The summed E-state index contributed by atoms with van der Waals surface area (Å²) in [5.41, 5.74) is 1.18. The molecule has 26 heavy (non-hydrogen) atoms. The third-order valence-electron chi connectivity index (χ3n) is 4.74. The number of rotatable bonds is 6. The maximum atomic E-state index is 13.1. The lowest BCUT2D eigenvalue weighted by Crippen LogP contribution is -2.44. The zero-order valence-corrected chi connectivity index (χ0v) is 15.0. The summed E-state index contributed by atoms with van der Waals surface area (Å²) in [7, 11) is 0. The highest BCUT2D eigenvalue weighted by molar-refractivity contribution is 6.11. The van der Waals surface area contributed by atoms with Gasteiger partial charge in [0.15, 0.2) is 5.78 Å². The number of hydrogen-bond acceptors (Lipinski definition) is 3. The van der Waals surface area contributed by atoms with E-state index in [0.717, 1.165) is 22.4 Å². The van der Waals surface area contributed by atoms with Gasteiger partial charge in [0.1, 0.15) is 5.54 Å². The van der Waals surface area contributed by atoms with Crippen molar-refractivity contribution < 1.29 is 14.4 Å². The highest BCUT2D eigenvalue weighted by Gasteiger charge is 2.52. The van der Waals surface area contributed by atoms with Crippen LogP contribution in [0.15, 0.2) is 54.6 Å². The summed E-state index contributed by atoms with van der Waals surface area (Å²) in [6.45, 7) is 3.64. The van der Waals surface area contributed by atoms with Crippen molar-refractivity contribution in [1.82, 2.24) is 10.2 Å². The second-order valence-electron chi connectivity index (χ2n) is 6.63. The van der Waals surface area contributed by atoms with Gasteiger partial charge in [-0.25, -0.2) is 4.79 Å². The second-order valence-corrected chi connectivity index (χ2v) is 6.63. The van der Waals surface area contributed by atoms with Gasteiger partial charge in [-0.15, -0.1) is 0 Å². The molecular formula is C21H22N2O3. The molecule has 1 N–H and O–H groups in total. The Kier molecular flexibility index (Phi) is 4.89. The van der Waals surface area contributed by atoms with Crippen LogP contribution in [0.1, 0.15) is 41.3 Å². The summed E-state index contributed by atoms with van der Waals surface area (Å²) < 4.78 is 0. The first kappa shape index (κ1) is 17.9. The predicted molar refractivity (Wildman–Crippen MR) is 98.8 cm³/mol. The van der Waals surface area contributed by atoms with Crippen LogP contribution in [-0.2, 0) is 10.3 Å². The van der Waals surface area contributed by atoms with E-state index in [4.69, 9.17) is 0 Å². The van der Waals surface area contributed by atoms with Crippen LogP contribution in [0, 0.1) is 6.92 Å². The van der Waals surface area contributed by atoms with Gasteiger partial charge in [-0.1, -0.05) is 73.5 Å². The lowest BCUT2D eigenvalue weighted by molar-refractivity contribution is -0.131. The van der Waals surface area contributed by atoms with Crippen molar-refractivity contribution in [3.05, 3.63) is 71.3 Å². The Bertz CT molecular complexity index is 830. The minimum atomic E-state index is -1.10. The first-order chi connectivity index (χ1) is 12.5. The predicted octanol–water partition coefficient (Wildman–Crippen LogP) is 3.43. The van der Waals surface area contributed by atoms with Crippen molar-refractivity contribution in [2.24, 2.45) is 0 Å². The van der Waals surface area contributed by atoms with E-state index in [9.17, 15) is 14.4 Å². The van der Waals surface area contributed by atoms with Crippen LogP contribution in [0.2, 0.25) is 0 Å². The minimum Gasteiger partial charge on any atom is -0.319 e. The van der Waals surface area contributed by atoms with Crippen LogP contribution in [-0.4, -0.2) is 29.2 Å². The Hall–Kier alpha value is -2.95. The monoisotopic (exact) mass is 350 g/mol. The molecule has 1 atom stereocenters. The average molecular weight is 350 g/mol. The third-order valence-corrected chi connectivity index (χ3v) is 4.74. The van der Waals surface area contributed by atoms with Crippen LogP contribution < -0.4 is 5.32 Å². The van der Waals surface area contributed by atoms with E-state index in [1.807, 2.05) is 56.3 Å². The number of benzene rings is 2. The SMILES string of the molecule is CCCC1(c2ccccc2)NC(=O)N(CC(=O)c2ccc(C)cc2)C1=O. The smallest absolute Gasteiger partial charge is 0.319 e. The quantitative estimate of drug-likeness (QED) is 0.641. The van der Waals surface area contributed by atoms with E-state index in [1.54, 1.807) is 12.1 Å². The molecule has 2 aromatic rings. The van der Waals surface area contributed by atoms with E-state index in [0.29, 0.717) is 12.0 Å². The lowest BCUT2D eigenvalue weighted by Gasteiger charge is -2.26. The Balaban J connectivity index is 1.88.